The molecule has 0 radical (unpaired) electrons. The minimum absolute atomic E-state index is 0.249. The van der Waals surface area contributed by atoms with Gasteiger partial charge in [0.15, 0.2) is 0 Å². The molecule has 1 fully saturated rings. The van der Waals surface area contributed by atoms with Crippen molar-refractivity contribution in [1.29, 1.82) is 0 Å². The quantitative estimate of drug-likeness (QED) is 0.600. The van der Waals surface area contributed by atoms with Gasteiger partial charge in [-0.3, -0.25) is 19.3 Å². The van der Waals surface area contributed by atoms with Gasteiger partial charge in [0, 0.05) is 16.3 Å². The van der Waals surface area contributed by atoms with Gasteiger partial charge in [-0.1, -0.05) is 42.8 Å². The molecule has 2 aromatic carbocycles. The van der Waals surface area contributed by atoms with Crippen molar-refractivity contribution >= 4 is 52.2 Å². The van der Waals surface area contributed by atoms with E-state index in [4.69, 9.17) is 16.3 Å². The maximum absolute atomic E-state index is 12.7. The van der Waals surface area contributed by atoms with Gasteiger partial charge in [0.25, 0.3) is 11.1 Å². The van der Waals surface area contributed by atoms with E-state index in [0.717, 1.165) is 28.6 Å². The number of aryl methyl sites for hydroxylation is 1. The van der Waals surface area contributed by atoms with Crippen molar-refractivity contribution < 1.29 is 19.1 Å². The number of nitrogens with one attached hydrogen (secondary N) is 1. The van der Waals surface area contributed by atoms with Crippen molar-refractivity contribution in [1.82, 2.24) is 4.90 Å². The van der Waals surface area contributed by atoms with Crippen molar-refractivity contribution in [2.75, 3.05) is 18.5 Å². The van der Waals surface area contributed by atoms with Gasteiger partial charge in [-0.2, -0.15) is 0 Å². The first-order valence-electron chi connectivity index (χ1n) is 9.42. The van der Waals surface area contributed by atoms with Gasteiger partial charge in [0.05, 0.1) is 11.5 Å². The van der Waals surface area contributed by atoms with E-state index in [-0.39, 0.29) is 11.4 Å². The summed E-state index contributed by atoms with van der Waals surface area (Å²) in [6.45, 7) is 4.03. The van der Waals surface area contributed by atoms with Crippen LogP contribution < -0.4 is 10.1 Å². The molecule has 2 aromatic rings. The molecule has 3 amide bonds. The van der Waals surface area contributed by atoms with Crippen LogP contribution in [0.15, 0.2) is 47.4 Å². The summed E-state index contributed by atoms with van der Waals surface area (Å²) in [5, 5.41) is 2.69. The number of halogens is 1. The molecule has 1 aliphatic heterocycles. The van der Waals surface area contributed by atoms with Crippen LogP contribution in [-0.2, 0) is 9.59 Å². The number of anilines is 1. The fourth-order valence-corrected chi connectivity index (χ4v) is 3.75. The van der Waals surface area contributed by atoms with Crippen molar-refractivity contribution in [2.24, 2.45) is 0 Å². The van der Waals surface area contributed by atoms with E-state index in [0.29, 0.717) is 28.6 Å². The molecule has 1 saturated heterocycles. The van der Waals surface area contributed by atoms with Gasteiger partial charge in [-0.05, 0) is 54.9 Å². The van der Waals surface area contributed by atoms with E-state index < -0.39 is 17.1 Å². The Balaban J connectivity index is 1.71. The van der Waals surface area contributed by atoms with Crippen LogP contribution in [0.2, 0.25) is 5.02 Å². The monoisotopic (exact) mass is 444 g/mol. The summed E-state index contributed by atoms with van der Waals surface area (Å²) in [5.41, 5.74) is 2.09. The molecule has 6 nitrogen and oxygen atoms in total. The molecule has 0 spiro atoms. The highest BCUT2D eigenvalue weighted by molar-refractivity contribution is 8.18. The van der Waals surface area contributed by atoms with Gasteiger partial charge in [0.1, 0.15) is 12.3 Å². The van der Waals surface area contributed by atoms with Crippen molar-refractivity contribution in [3.8, 4) is 5.75 Å². The molecule has 0 bridgehead atoms. The molecule has 1 aliphatic rings. The molecule has 30 heavy (non-hydrogen) atoms. The van der Waals surface area contributed by atoms with Gasteiger partial charge >= 0.3 is 0 Å². The Bertz CT molecular complexity index is 1020. The average Bonchev–Trinajstić information content (AvgIpc) is 2.97. The summed E-state index contributed by atoms with van der Waals surface area (Å²) in [4.78, 5) is 38.6. The number of thioether (sulfide) groups is 1. The maximum Gasteiger partial charge on any atom is 0.294 e. The van der Waals surface area contributed by atoms with E-state index in [9.17, 15) is 14.4 Å². The number of para-hydroxylation sites is 1. The Hall–Kier alpha value is -2.77. The number of imide groups is 1. The standard InChI is InChI=1S/C22H21ClN2O4S/c1-3-10-29-18-7-5-4-6-15(18)11-19-21(27)25(22(28)30-19)13-20(26)24-16-9-8-14(2)17(23)12-16/h4-9,11-12H,3,10,13H2,1-2H3,(H,24,26)/b19-11+. The molecule has 0 aromatic heterocycles. The molecule has 156 valence electrons. The summed E-state index contributed by atoms with van der Waals surface area (Å²) in [6, 6.07) is 12.4. The molecular weight excluding hydrogens is 424 g/mol. The molecule has 3 rings (SSSR count). The van der Waals surface area contributed by atoms with E-state index >= 15 is 0 Å². The maximum atomic E-state index is 12.7. The number of carbonyl (C=O) groups excluding carboxylic acids is 3. The Morgan fingerprint density at radius 3 is 2.73 bits per heavy atom. The number of carbonyl (C=O) groups is 3. The number of benzene rings is 2. The Morgan fingerprint density at radius 2 is 2.00 bits per heavy atom. The van der Waals surface area contributed by atoms with Crippen LogP contribution in [0.3, 0.4) is 0 Å². The predicted octanol–water partition coefficient (Wildman–Crippen LogP) is 5.11. The normalized spacial score (nSPS) is 15.0. The second-order valence-electron chi connectivity index (χ2n) is 6.67. The second-order valence-corrected chi connectivity index (χ2v) is 8.07. The summed E-state index contributed by atoms with van der Waals surface area (Å²) in [5.74, 6) is -0.349. The van der Waals surface area contributed by atoms with Gasteiger partial charge in [0.2, 0.25) is 5.91 Å². The lowest BCUT2D eigenvalue weighted by Gasteiger charge is -2.13. The Kier molecular flexibility index (Phi) is 7.18. The molecular formula is C22H21ClN2O4S. The molecule has 1 heterocycles. The molecule has 0 unspecified atom stereocenters. The zero-order chi connectivity index (χ0) is 21.7. The SMILES string of the molecule is CCCOc1ccccc1/C=C1/SC(=O)N(CC(=O)Nc2ccc(C)c(Cl)c2)C1=O. The van der Waals surface area contributed by atoms with Gasteiger partial charge in [-0.25, -0.2) is 0 Å². The fourth-order valence-electron chi connectivity index (χ4n) is 2.74. The van der Waals surface area contributed by atoms with Crippen LogP contribution in [0.4, 0.5) is 10.5 Å². The first kappa shape index (κ1) is 21.9. The lowest BCUT2D eigenvalue weighted by atomic mass is 10.2. The van der Waals surface area contributed by atoms with Gasteiger partial charge in [-0.15, -0.1) is 0 Å². The van der Waals surface area contributed by atoms with E-state index in [2.05, 4.69) is 5.32 Å². The largest absolute Gasteiger partial charge is 0.493 e. The molecule has 0 atom stereocenters. The molecule has 1 N–H and O–H groups in total. The highest BCUT2D eigenvalue weighted by atomic mass is 35.5. The third-order valence-corrected chi connectivity index (χ3v) is 5.61. The van der Waals surface area contributed by atoms with Crippen LogP contribution in [0, 0.1) is 6.92 Å². The summed E-state index contributed by atoms with van der Waals surface area (Å²) in [7, 11) is 0. The average molecular weight is 445 g/mol. The second kappa shape index (κ2) is 9.82. The minimum atomic E-state index is -0.507. The van der Waals surface area contributed by atoms with Crippen LogP contribution >= 0.6 is 23.4 Å². The minimum Gasteiger partial charge on any atom is -0.493 e. The molecule has 8 heteroatoms. The Labute approximate surface area is 184 Å². The predicted molar refractivity (Wildman–Crippen MR) is 120 cm³/mol. The first-order valence-corrected chi connectivity index (χ1v) is 10.6. The first-order chi connectivity index (χ1) is 14.4. The number of amides is 3. The lowest BCUT2D eigenvalue weighted by Crippen LogP contribution is -2.36. The highest BCUT2D eigenvalue weighted by Gasteiger charge is 2.36. The topological polar surface area (TPSA) is 75.7 Å². The fraction of sp³-hybridized carbons (Fsp3) is 0.227. The van der Waals surface area contributed by atoms with Crippen LogP contribution in [0.5, 0.6) is 5.75 Å². The lowest BCUT2D eigenvalue weighted by molar-refractivity contribution is -0.127. The highest BCUT2D eigenvalue weighted by Crippen LogP contribution is 2.34. The van der Waals surface area contributed by atoms with E-state index in [1.54, 1.807) is 24.3 Å². The summed E-state index contributed by atoms with van der Waals surface area (Å²) in [6.07, 6.45) is 2.47. The number of rotatable bonds is 7. The van der Waals surface area contributed by atoms with Crippen LogP contribution in [-0.4, -0.2) is 35.1 Å². The van der Waals surface area contributed by atoms with Crippen LogP contribution in [0.1, 0.15) is 24.5 Å². The van der Waals surface area contributed by atoms with Gasteiger partial charge < -0.3 is 10.1 Å². The van der Waals surface area contributed by atoms with Crippen molar-refractivity contribution in [2.45, 2.75) is 20.3 Å². The third-order valence-electron chi connectivity index (χ3n) is 4.30. The molecule has 0 saturated carbocycles. The zero-order valence-corrected chi connectivity index (χ0v) is 18.2. The third kappa shape index (κ3) is 5.23. The number of hydrogen-bond acceptors (Lipinski definition) is 5. The van der Waals surface area contributed by atoms with Crippen molar-refractivity contribution in [3.63, 3.8) is 0 Å². The molecule has 0 aliphatic carbocycles. The number of ether oxygens (including phenoxy) is 1. The van der Waals surface area contributed by atoms with Crippen LogP contribution in [0.25, 0.3) is 6.08 Å². The summed E-state index contributed by atoms with van der Waals surface area (Å²) < 4.78 is 5.70. The number of hydrogen-bond donors (Lipinski definition) is 1. The zero-order valence-electron chi connectivity index (χ0n) is 16.6. The van der Waals surface area contributed by atoms with E-state index in [1.165, 1.54) is 0 Å². The van der Waals surface area contributed by atoms with E-state index in [1.807, 2.05) is 38.1 Å². The number of nitrogens with zero attached hydrogens (tertiary/aromatic N) is 1. The smallest absolute Gasteiger partial charge is 0.294 e. The Morgan fingerprint density at radius 1 is 1.23 bits per heavy atom. The van der Waals surface area contributed by atoms with Crippen molar-refractivity contribution in [3.05, 3.63) is 63.5 Å². The summed E-state index contributed by atoms with van der Waals surface area (Å²) >= 11 is 6.87.